The molecule has 0 saturated heterocycles. The Morgan fingerprint density at radius 1 is 1.22 bits per heavy atom. The van der Waals surface area contributed by atoms with Crippen LogP contribution in [0.3, 0.4) is 0 Å². The molecule has 1 fully saturated rings. The Kier molecular flexibility index (Phi) is 4.38. The van der Waals surface area contributed by atoms with E-state index in [1.807, 2.05) is 0 Å². The quantitative estimate of drug-likeness (QED) is 0.737. The molecule has 2 heterocycles. The van der Waals surface area contributed by atoms with Gasteiger partial charge in [-0.15, -0.1) is 0 Å². The number of aryl methyl sites for hydroxylation is 2. The third-order valence-corrected chi connectivity index (χ3v) is 7.12. The van der Waals surface area contributed by atoms with Crippen LogP contribution in [0.25, 0.3) is 22.2 Å². The van der Waals surface area contributed by atoms with Crippen LogP contribution in [0, 0.1) is 19.8 Å². The van der Waals surface area contributed by atoms with Gasteiger partial charge in [0, 0.05) is 5.56 Å². The number of aromatic nitrogens is 3. The lowest BCUT2D eigenvalue weighted by Crippen LogP contribution is -2.16. The third kappa shape index (κ3) is 3.29. The number of nitrogens with one attached hydrogen (secondary N) is 1. The predicted octanol–water partition coefficient (Wildman–Crippen LogP) is 3.16. The molecule has 0 aliphatic heterocycles. The van der Waals surface area contributed by atoms with Crippen LogP contribution in [0.2, 0.25) is 0 Å². The number of nitrogens with zero attached hydrogens (tertiary/aromatic N) is 2. The van der Waals surface area contributed by atoms with Gasteiger partial charge in [0.05, 0.1) is 28.1 Å². The minimum absolute atomic E-state index is 0.105. The molecule has 1 aliphatic rings. The Labute approximate surface area is 156 Å². The van der Waals surface area contributed by atoms with Crippen LogP contribution < -0.4 is 5.56 Å². The van der Waals surface area contributed by atoms with Gasteiger partial charge >= 0.3 is 0 Å². The summed E-state index contributed by atoms with van der Waals surface area (Å²) in [6.45, 7) is 3.58. The normalized spacial score (nSPS) is 15.6. The molecule has 2 aromatic heterocycles. The van der Waals surface area contributed by atoms with Crippen LogP contribution in [-0.4, -0.2) is 29.3 Å². The maximum atomic E-state index is 13.2. The minimum Gasteiger partial charge on any atom is -0.361 e. The lowest BCUT2D eigenvalue weighted by atomic mass is 10.0. The number of rotatable bonds is 4. The van der Waals surface area contributed by atoms with Crippen molar-refractivity contribution in [2.45, 2.75) is 44.4 Å². The first-order valence-electron chi connectivity index (χ1n) is 9.04. The van der Waals surface area contributed by atoms with E-state index >= 15 is 0 Å². The average molecular weight is 387 g/mol. The van der Waals surface area contributed by atoms with E-state index in [1.54, 1.807) is 26.0 Å². The van der Waals surface area contributed by atoms with Crippen molar-refractivity contribution in [2.75, 3.05) is 5.75 Å². The van der Waals surface area contributed by atoms with E-state index in [4.69, 9.17) is 4.52 Å². The van der Waals surface area contributed by atoms with Gasteiger partial charge in [0.25, 0.3) is 5.56 Å². The maximum absolute atomic E-state index is 13.2. The summed E-state index contributed by atoms with van der Waals surface area (Å²) < 4.78 is 31.6. The van der Waals surface area contributed by atoms with Crippen LogP contribution >= 0.6 is 0 Å². The van der Waals surface area contributed by atoms with Gasteiger partial charge in [0.2, 0.25) is 0 Å². The summed E-state index contributed by atoms with van der Waals surface area (Å²) >= 11 is 0. The number of hydrogen-bond acceptors (Lipinski definition) is 6. The molecule has 1 aromatic carbocycles. The molecule has 4 rings (SSSR count). The number of hydrogen-bond donors (Lipinski definition) is 1. The van der Waals surface area contributed by atoms with Crippen molar-refractivity contribution in [3.63, 3.8) is 0 Å². The van der Waals surface area contributed by atoms with Crippen LogP contribution in [-0.2, 0) is 9.84 Å². The molecule has 0 unspecified atom stereocenters. The van der Waals surface area contributed by atoms with Gasteiger partial charge in [-0.3, -0.25) is 4.79 Å². The van der Waals surface area contributed by atoms with E-state index in [1.165, 1.54) is 0 Å². The third-order valence-electron chi connectivity index (χ3n) is 5.23. The molecule has 1 saturated carbocycles. The largest absolute Gasteiger partial charge is 0.361 e. The minimum atomic E-state index is -3.56. The van der Waals surface area contributed by atoms with E-state index in [2.05, 4.69) is 15.1 Å². The summed E-state index contributed by atoms with van der Waals surface area (Å²) in [7, 11) is -3.56. The Morgan fingerprint density at radius 3 is 2.63 bits per heavy atom. The zero-order valence-corrected chi connectivity index (χ0v) is 16.1. The summed E-state index contributed by atoms with van der Waals surface area (Å²) in [5.74, 6) is 0.876. The van der Waals surface area contributed by atoms with Crippen LogP contribution in [0.4, 0.5) is 0 Å². The Balaban J connectivity index is 1.94. The summed E-state index contributed by atoms with van der Waals surface area (Å²) in [5.41, 5.74) is 2.36. The van der Waals surface area contributed by atoms with Gasteiger partial charge in [0.1, 0.15) is 11.3 Å². The van der Waals surface area contributed by atoms with E-state index in [9.17, 15) is 13.2 Å². The molecule has 0 amide bonds. The fourth-order valence-corrected chi connectivity index (χ4v) is 5.88. The molecule has 0 atom stereocenters. The smallest absolute Gasteiger partial charge is 0.266 e. The Morgan fingerprint density at radius 2 is 1.96 bits per heavy atom. The first kappa shape index (κ1) is 17.9. The van der Waals surface area contributed by atoms with Gasteiger partial charge in [0.15, 0.2) is 9.84 Å². The SMILES string of the molecule is Cc1noc(C)c1-c1cc(S(=O)(=O)CC2CCCC2)c2ncc(=O)[nH]c2c1. The van der Waals surface area contributed by atoms with E-state index in [0.29, 0.717) is 28.1 Å². The highest BCUT2D eigenvalue weighted by Gasteiger charge is 2.27. The molecule has 3 aromatic rings. The van der Waals surface area contributed by atoms with Gasteiger partial charge in [-0.05, 0) is 50.3 Å². The molecule has 27 heavy (non-hydrogen) atoms. The molecule has 7 nitrogen and oxygen atoms in total. The molecular formula is C19H21N3O4S. The van der Waals surface area contributed by atoms with Gasteiger partial charge in [-0.1, -0.05) is 18.0 Å². The van der Waals surface area contributed by atoms with Crippen LogP contribution in [0.5, 0.6) is 0 Å². The highest BCUT2D eigenvalue weighted by Crippen LogP contribution is 2.34. The number of aromatic amines is 1. The molecule has 1 aliphatic carbocycles. The van der Waals surface area contributed by atoms with Crippen molar-refractivity contribution in [2.24, 2.45) is 5.92 Å². The monoisotopic (exact) mass is 387 g/mol. The van der Waals surface area contributed by atoms with E-state index in [0.717, 1.165) is 37.4 Å². The molecule has 0 spiro atoms. The highest BCUT2D eigenvalue weighted by molar-refractivity contribution is 7.91. The lowest BCUT2D eigenvalue weighted by Gasteiger charge is -2.13. The summed E-state index contributed by atoms with van der Waals surface area (Å²) in [4.78, 5) is 18.7. The topological polar surface area (TPSA) is 106 Å². The first-order chi connectivity index (χ1) is 12.8. The summed E-state index contributed by atoms with van der Waals surface area (Å²) in [6.07, 6.45) is 5.14. The Bertz CT molecular complexity index is 1150. The standard InChI is InChI=1S/C19H21N3O4S/c1-11-18(12(2)26-22-11)14-7-15-19(20-9-17(23)21-15)16(8-14)27(24,25)10-13-5-3-4-6-13/h7-9,13H,3-6,10H2,1-2H3,(H,21,23). The first-order valence-corrected chi connectivity index (χ1v) is 10.7. The van der Waals surface area contributed by atoms with Gasteiger partial charge < -0.3 is 9.51 Å². The molecule has 142 valence electrons. The maximum Gasteiger partial charge on any atom is 0.266 e. The number of H-pyrrole nitrogens is 1. The zero-order valence-electron chi connectivity index (χ0n) is 15.3. The predicted molar refractivity (Wildman–Crippen MR) is 101 cm³/mol. The van der Waals surface area contributed by atoms with Crippen LogP contribution in [0.1, 0.15) is 37.1 Å². The second-order valence-corrected chi connectivity index (χ2v) is 9.25. The number of fused-ring (bicyclic) bond motifs is 1. The average Bonchev–Trinajstić information content (AvgIpc) is 3.22. The molecule has 8 heteroatoms. The lowest BCUT2D eigenvalue weighted by molar-refractivity contribution is 0.393. The fourth-order valence-electron chi connectivity index (χ4n) is 3.98. The second kappa shape index (κ2) is 6.60. The Hall–Kier alpha value is -2.48. The molecular weight excluding hydrogens is 366 g/mol. The number of sulfone groups is 1. The van der Waals surface area contributed by atoms with Crippen molar-refractivity contribution in [3.8, 4) is 11.1 Å². The number of benzene rings is 1. The van der Waals surface area contributed by atoms with Crippen molar-refractivity contribution >= 4 is 20.9 Å². The van der Waals surface area contributed by atoms with E-state index in [-0.39, 0.29) is 22.1 Å². The summed E-state index contributed by atoms with van der Waals surface area (Å²) in [5, 5.41) is 3.95. The molecule has 0 bridgehead atoms. The van der Waals surface area contributed by atoms with Gasteiger partial charge in [-0.2, -0.15) is 0 Å². The van der Waals surface area contributed by atoms with Crippen molar-refractivity contribution in [1.29, 1.82) is 0 Å². The summed E-state index contributed by atoms with van der Waals surface area (Å²) in [6, 6.07) is 3.36. The fraction of sp³-hybridized carbons (Fsp3) is 0.421. The highest BCUT2D eigenvalue weighted by atomic mass is 32.2. The zero-order chi connectivity index (χ0) is 19.2. The van der Waals surface area contributed by atoms with Crippen molar-refractivity contribution in [3.05, 3.63) is 40.1 Å². The van der Waals surface area contributed by atoms with Crippen molar-refractivity contribution in [1.82, 2.24) is 15.1 Å². The van der Waals surface area contributed by atoms with Gasteiger partial charge in [-0.25, -0.2) is 13.4 Å². The molecule has 1 N–H and O–H groups in total. The van der Waals surface area contributed by atoms with Crippen LogP contribution in [0.15, 0.2) is 32.5 Å². The van der Waals surface area contributed by atoms with E-state index < -0.39 is 9.84 Å². The second-order valence-electron chi connectivity index (χ2n) is 7.25. The van der Waals surface area contributed by atoms with Crippen molar-refractivity contribution < 1.29 is 12.9 Å². The molecule has 0 radical (unpaired) electrons.